The molecule has 0 fully saturated rings. The highest BCUT2D eigenvalue weighted by Crippen LogP contribution is 2.18. The summed E-state index contributed by atoms with van der Waals surface area (Å²) in [6, 6.07) is 7.78. The van der Waals surface area contributed by atoms with Crippen LogP contribution >= 0.6 is 11.6 Å². The Bertz CT molecular complexity index is 299. The van der Waals surface area contributed by atoms with Gasteiger partial charge in [0.1, 0.15) is 0 Å². The highest BCUT2D eigenvalue weighted by molar-refractivity contribution is 6.32. The van der Waals surface area contributed by atoms with Gasteiger partial charge in [0.25, 0.3) is 0 Å². The molecule has 1 aromatic carbocycles. The fourth-order valence-electron chi connectivity index (χ4n) is 1.12. The highest BCUT2D eigenvalue weighted by Gasteiger charge is 1.96. The summed E-state index contributed by atoms with van der Waals surface area (Å²) in [5.41, 5.74) is 7.83. The molecule has 70 valence electrons. The first-order valence-corrected chi connectivity index (χ1v) is 4.79. The van der Waals surface area contributed by atoms with Crippen molar-refractivity contribution in [2.75, 3.05) is 6.54 Å². The number of hydrogen-bond donors (Lipinski definition) is 1. The van der Waals surface area contributed by atoms with Crippen molar-refractivity contribution in [2.45, 2.75) is 13.3 Å². The average Bonchev–Trinajstić information content (AvgIpc) is 2.17. The molecule has 1 nitrogen and oxygen atoms in total. The Morgan fingerprint density at radius 1 is 1.46 bits per heavy atom. The van der Waals surface area contributed by atoms with Crippen molar-refractivity contribution in [3.8, 4) is 0 Å². The second kappa shape index (κ2) is 5.05. The Balaban J connectivity index is 2.95. The van der Waals surface area contributed by atoms with Crippen molar-refractivity contribution in [2.24, 2.45) is 5.73 Å². The second-order valence-corrected chi connectivity index (χ2v) is 3.29. The minimum absolute atomic E-state index is 0.599. The third-order valence-corrected chi connectivity index (χ3v) is 2.33. The quantitative estimate of drug-likeness (QED) is 0.788. The molecule has 0 saturated heterocycles. The summed E-state index contributed by atoms with van der Waals surface area (Å²) in [6.07, 6.45) is 3.03. The Kier molecular flexibility index (Phi) is 4.00. The van der Waals surface area contributed by atoms with Gasteiger partial charge in [0, 0.05) is 11.6 Å². The van der Waals surface area contributed by atoms with Crippen LogP contribution in [0.5, 0.6) is 0 Å². The van der Waals surface area contributed by atoms with Crippen molar-refractivity contribution < 1.29 is 0 Å². The third kappa shape index (κ3) is 2.87. The molecule has 0 heterocycles. The van der Waals surface area contributed by atoms with Crippen LogP contribution in [0.1, 0.15) is 18.9 Å². The maximum absolute atomic E-state index is 6.00. The zero-order valence-electron chi connectivity index (χ0n) is 7.76. The number of rotatable bonds is 3. The molecule has 2 N–H and O–H groups in total. The molecule has 0 saturated carbocycles. The van der Waals surface area contributed by atoms with Gasteiger partial charge in [0.15, 0.2) is 0 Å². The van der Waals surface area contributed by atoms with Gasteiger partial charge in [0.2, 0.25) is 0 Å². The maximum Gasteiger partial charge on any atom is 0.0478 e. The molecule has 0 radical (unpaired) electrons. The van der Waals surface area contributed by atoms with Crippen molar-refractivity contribution in [1.82, 2.24) is 0 Å². The van der Waals surface area contributed by atoms with Crippen LogP contribution in [-0.4, -0.2) is 6.54 Å². The Hall–Kier alpha value is -0.790. The summed E-state index contributed by atoms with van der Waals surface area (Å²) < 4.78 is 0. The number of hydrogen-bond acceptors (Lipinski definition) is 1. The zero-order chi connectivity index (χ0) is 9.68. The van der Waals surface area contributed by atoms with E-state index in [2.05, 4.69) is 13.0 Å². The molecule has 0 amide bonds. The van der Waals surface area contributed by atoms with E-state index < -0.39 is 0 Å². The minimum Gasteiger partial charge on any atom is -0.327 e. The van der Waals surface area contributed by atoms with E-state index in [4.69, 9.17) is 17.3 Å². The standard InChI is InChI=1S/C11H14ClN/c1-2-9(8-13)7-10-5-3-4-6-11(10)12/h3-7H,2,8,13H2,1H3. The van der Waals surface area contributed by atoms with Gasteiger partial charge < -0.3 is 5.73 Å². The first-order valence-electron chi connectivity index (χ1n) is 4.42. The summed E-state index contributed by atoms with van der Waals surface area (Å²) >= 11 is 6.00. The van der Waals surface area contributed by atoms with Crippen molar-refractivity contribution in [3.63, 3.8) is 0 Å². The summed E-state index contributed by atoms with van der Waals surface area (Å²) in [7, 11) is 0. The van der Waals surface area contributed by atoms with Crippen molar-refractivity contribution in [3.05, 3.63) is 40.4 Å². The van der Waals surface area contributed by atoms with E-state index in [1.54, 1.807) is 0 Å². The summed E-state index contributed by atoms with van der Waals surface area (Å²) in [5, 5.41) is 0.780. The SMILES string of the molecule is CCC(=Cc1ccccc1Cl)CN. The monoisotopic (exact) mass is 195 g/mol. The molecule has 0 aliphatic rings. The van der Waals surface area contributed by atoms with E-state index in [1.165, 1.54) is 5.57 Å². The van der Waals surface area contributed by atoms with Crippen LogP contribution in [0.3, 0.4) is 0 Å². The van der Waals surface area contributed by atoms with Crippen LogP contribution in [0, 0.1) is 0 Å². The number of halogens is 1. The fourth-order valence-corrected chi connectivity index (χ4v) is 1.31. The predicted molar refractivity (Wildman–Crippen MR) is 58.8 cm³/mol. The van der Waals surface area contributed by atoms with Gasteiger partial charge in [-0.05, 0) is 18.1 Å². The molecule has 0 spiro atoms. The zero-order valence-corrected chi connectivity index (χ0v) is 8.51. The lowest BCUT2D eigenvalue weighted by molar-refractivity contribution is 1.02. The third-order valence-electron chi connectivity index (χ3n) is 1.98. The van der Waals surface area contributed by atoms with Crippen LogP contribution in [0.2, 0.25) is 5.02 Å². The lowest BCUT2D eigenvalue weighted by atomic mass is 10.1. The maximum atomic E-state index is 6.00. The largest absolute Gasteiger partial charge is 0.327 e. The lowest BCUT2D eigenvalue weighted by Gasteiger charge is -2.01. The second-order valence-electron chi connectivity index (χ2n) is 2.88. The topological polar surface area (TPSA) is 26.0 Å². The van der Waals surface area contributed by atoms with Gasteiger partial charge in [-0.3, -0.25) is 0 Å². The molecule has 0 atom stereocenters. The van der Waals surface area contributed by atoms with E-state index in [9.17, 15) is 0 Å². The van der Waals surface area contributed by atoms with E-state index in [-0.39, 0.29) is 0 Å². The van der Waals surface area contributed by atoms with Crippen LogP contribution in [-0.2, 0) is 0 Å². The molecule has 0 bridgehead atoms. The van der Waals surface area contributed by atoms with Crippen LogP contribution in [0.25, 0.3) is 6.08 Å². The number of benzene rings is 1. The molecule has 1 aromatic rings. The molecule has 0 aliphatic heterocycles. The molecular formula is C11H14ClN. The van der Waals surface area contributed by atoms with Crippen LogP contribution in [0.4, 0.5) is 0 Å². The first-order chi connectivity index (χ1) is 6.27. The Morgan fingerprint density at radius 3 is 2.69 bits per heavy atom. The summed E-state index contributed by atoms with van der Waals surface area (Å²) in [6.45, 7) is 2.69. The van der Waals surface area contributed by atoms with Gasteiger partial charge >= 0.3 is 0 Å². The van der Waals surface area contributed by atoms with Crippen molar-refractivity contribution >= 4 is 17.7 Å². The molecular weight excluding hydrogens is 182 g/mol. The van der Waals surface area contributed by atoms with E-state index >= 15 is 0 Å². The minimum atomic E-state index is 0.599. The van der Waals surface area contributed by atoms with Gasteiger partial charge in [-0.1, -0.05) is 48.4 Å². The molecule has 2 heteroatoms. The van der Waals surface area contributed by atoms with Gasteiger partial charge in [-0.25, -0.2) is 0 Å². The molecule has 0 unspecified atom stereocenters. The average molecular weight is 196 g/mol. The molecule has 1 rings (SSSR count). The van der Waals surface area contributed by atoms with E-state index in [0.717, 1.165) is 17.0 Å². The van der Waals surface area contributed by atoms with E-state index in [1.807, 2.05) is 24.3 Å². The molecule has 0 aliphatic carbocycles. The summed E-state index contributed by atoms with van der Waals surface area (Å²) in [4.78, 5) is 0. The van der Waals surface area contributed by atoms with Gasteiger partial charge in [-0.2, -0.15) is 0 Å². The Morgan fingerprint density at radius 2 is 2.15 bits per heavy atom. The van der Waals surface area contributed by atoms with E-state index in [0.29, 0.717) is 6.54 Å². The van der Waals surface area contributed by atoms with Gasteiger partial charge in [0.05, 0.1) is 0 Å². The lowest BCUT2D eigenvalue weighted by Crippen LogP contribution is -2.01. The fraction of sp³-hybridized carbons (Fsp3) is 0.273. The molecule has 0 aromatic heterocycles. The smallest absolute Gasteiger partial charge is 0.0478 e. The van der Waals surface area contributed by atoms with Crippen LogP contribution < -0.4 is 5.73 Å². The van der Waals surface area contributed by atoms with Gasteiger partial charge in [-0.15, -0.1) is 0 Å². The normalized spacial score (nSPS) is 11.8. The number of nitrogens with two attached hydrogens (primary N) is 1. The molecule has 13 heavy (non-hydrogen) atoms. The Labute approximate surface area is 84.2 Å². The van der Waals surface area contributed by atoms with Crippen LogP contribution in [0.15, 0.2) is 29.8 Å². The first kappa shape index (κ1) is 10.3. The summed E-state index contributed by atoms with van der Waals surface area (Å²) in [5.74, 6) is 0. The predicted octanol–water partition coefficient (Wildman–Crippen LogP) is 3.09. The highest BCUT2D eigenvalue weighted by atomic mass is 35.5. The van der Waals surface area contributed by atoms with Crippen molar-refractivity contribution in [1.29, 1.82) is 0 Å².